The van der Waals surface area contributed by atoms with Gasteiger partial charge < -0.3 is 14.7 Å². The fourth-order valence-corrected chi connectivity index (χ4v) is 4.97. The summed E-state index contributed by atoms with van der Waals surface area (Å²) in [7, 11) is 0. The third kappa shape index (κ3) is 4.63. The second kappa shape index (κ2) is 9.14. The monoisotopic (exact) mass is 436 g/mol. The van der Waals surface area contributed by atoms with Crippen LogP contribution in [0.25, 0.3) is 0 Å². The van der Waals surface area contributed by atoms with Crippen molar-refractivity contribution in [2.24, 2.45) is 0 Å². The molecule has 1 amide bonds. The highest BCUT2D eigenvalue weighted by molar-refractivity contribution is 5.78. The van der Waals surface area contributed by atoms with Gasteiger partial charge in [-0.05, 0) is 69.2 Å². The number of aromatic hydroxyl groups is 1. The summed E-state index contributed by atoms with van der Waals surface area (Å²) in [5.41, 5.74) is 4.97. The Bertz CT molecular complexity index is 980. The van der Waals surface area contributed by atoms with Crippen LogP contribution in [0.2, 0.25) is 0 Å². The number of amides is 1. The van der Waals surface area contributed by atoms with Gasteiger partial charge in [-0.3, -0.25) is 9.69 Å². The summed E-state index contributed by atoms with van der Waals surface area (Å²) >= 11 is 0. The zero-order valence-electron chi connectivity index (χ0n) is 19.9. The molecule has 0 spiro atoms. The Hall–Kier alpha value is -2.53. The summed E-state index contributed by atoms with van der Waals surface area (Å²) in [6, 6.07) is 9.99. The van der Waals surface area contributed by atoms with Crippen LogP contribution in [0.1, 0.15) is 47.6 Å². The maximum atomic E-state index is 12.6. The van der Waals surface area contributed by atoms with Crippen molar-refractivity contribution in [2.45, 2.75) is 59.0 Å². The van der Waals surface area contributed by atoms with Crippen LogP contribution in [0.5, 0.6) is 11.5 Å². The molecule has 5 nitrogen and oxygen atoms in total. The van der Waals surface area contributed by atoms with Gasteiger partial charge in [0.25, 0.3) is 0 Å². The number of piperazine rings is 1. The number of phenolic OH excluding ortho intramolecular Hbond substituents is 1. The van der Waals surface area contributed by atoms with Gasteiger partial charge in [0.2, 0.25) is 5.91 Å². The fraction of sp³-hybridized carbons (Fsp3) is 0.519. The minimum atomic E-state index is -0.201. The van der Waals surface area contributed by atoms with Crippen molar-refractivity contribution in [3.63, 3.8) is 0 Å². The van der Waals surface area contributed by atoms with Gasteiger partial charge in [-0.2, -0.15) is 0 Å². The molecule has 1 N–H and O–H groups in total. The molecule has 2 aliphatic heterocycles. The Labute approximate surface area is 192 Å². The van der Waals surface area contributed by atoms with Crippen LogP contribution in [0.15, 0.2) is 30.3 Å². The first-order valence-electron chi connectivity index (χ1n) is 11.8. The molecule has 0 saturated carbocycles. The molecule has 2 aromatic carbocycles. The first kappa shape index (κ1) is 22.7. The van der Waals surface area contributed by atoms with Gasteiger partial charge in [-0.15, -0.1) is 0 Å². The zero-order chi connectivity index (χ0) is 22.9. The van der Waals surface area contributed by atoms with Crippen LogP contribution in [0.4, 0.5) is 0 Å². The second-order valence-electron chi connectivity index (χ2n) is 9.72. The minimum Gasteiger partial charge on any atom is -0.507 e. The molecular formula is C27H36N2O3. The van der Waals surface area contributed by atoms with Crippen LogP contribution >= 0.6 is 0 Å². The third-order valence-electron chi connectivity index (χ3n) is 7.47. The third-order valence-corrected chi connectivity index (χ3v) is 7.47. The lowest BCUT2D eigenvalue weighted by Crippen LogP contribution is -2.50. The van der Waals surface area contributed by atoms with Crippen molar-refractivity contribution in [3.8, 4) is 11.5 Å². The SMILES string of the molecule is Cc1c(C)c2c(c(C)c1O)CCC(C)(CCN1CCN(C(=O)Cc3ccccc3)CC1)O2. The van der Waals surface area contributed by atoms with E-state index in [9.17, 15) is 9.90 Å². The van der Waals surface area contributed by atoms with Crippen molar-refractivity contribution in [3.05, 3.63) is 58.1 Å². The van der Waals surface area contributed by atoms with E-state index in [0.29, 0.717) is 12.2 Å². The molecular weight excluding hydrogens is 400 g/mol. The lowest BCUT2D eigenvalue weighted by Gasteiger charge is -2.40. The molecule has 1 unspecified atom stereocenters. The lowest BCUT2D eigenvalue weighted by atomic mass is 9.85. The molecule has 4 rings (SSSR count). The van der Waals surface area contributed by atoms with E-state index in [1.54, 1.807) is 0 Å². The molecule has 1 fully saturated rings. The average Bonchev–Trinajstić information content (AvgIpc) is 2.81. The summed E-state index contributed by atoms with van der Waals surface area (Å²) < 4.78 is 6.58. The number of fused-ring (bicyclic) bond motifs is 1. The van der Waals surface area contributed by atoms with Crippen molar-refractivity contribution in [2.75, 3.05) is 32.7 Å². The number of carbonyl (C=O) groups is 1. The maximum Gasteiger partial charge on any atom is 0.227 e. The average molecular weight is 437 g/mol. The summed E-state index contributed by atoms with van der Waals surface area (Å²) in [5, 5.41) is 10.4. The van der Waals surface area contributed by atoms with Crippen LogP contribution in [-0.2, 0) is 17.6 Å². The second-order valence-corrected chi connectivity index (χ2v) is 9.72. The lowest BCUT2D eigenvalue weighted by molar-refractivity contribution is -0.132. The molecule has 32 heavy (non-hydrogen) atoms. The van der Waals surface area contributed by atoms with Gasteiger partial charge in [-0.25, -0.2) is 0 Å². The smallest absolute Gasteiger partial charge is 0.227 e. The number of hydrogen-bond acceptors (Lipinski definition) is 4. The van der Waals surface area contributed by atoms with Crippen LogP contribution in [0.3, 0.4) is 0 Å². The van der Waals surface area contributed by atoms with Gasteiger partial charge in [-0.1, -0.05) is 30.3 Å². The van der Waals surface area contributed by atoms with E-state index in [4.69, 9.17) is 4.74 Å². The van der Waals surface area contributed by atoms with Crippen LogP contribution in [0, 0.1) is 20.8 Å². The normalized spacial score (nSPS) is 21.2. The molecule has 1 saturated heterocycles. The van der Waals surface area contributed by atoms with E-state index >= 15 is 0 Å². The number of hydrogen-bond donors (Lipinski definition) is 1. The molecule has 1 atom stereocenters. The predicted molar refractivity (Wildman–Crippen MR) is 127 cm³/mol. The Balaban J connectivity index is 1.30. The molecule has 2 heterocycles. The largest absolute Gasteiger partial charge is 0.507 e. The molecule has 172 valence electrons. The first-order valence-corrected chi connectivity index (χ1v) is 11.8. The number of benzene rings is 2. The van der Waals surface area contributed by atoms with Crippen molar-refractivity contribution in [1.29, 1.82) is 0 Å². The number of nitrogens with zero attached hydrogens (tertiary/aromatic N) is 2. The fourth-order valence-electron chi connectivity index (χ4n) is 4.97. The number of carbonyl (C=O) groups excluding carboxylic acids is 1. The van der Waals surface area contributed by atoms with Crippen molar-refractivity contribution in [1.82, 2.24) is 9.80 Å². The van der Waals surface area contributed by atoms with Gasteiger partial charge in [0.05, 0.1) is 6.42 Å². The number of ether oxygens (including phenoxy) is 1. The predicted octanol–water partition coefficient (Wildman–Crippen LogP) is 4.18. The number of phenols is 1. The Kier molecular flexibility index (Phi) is 6.47. The van der Waals surface area contributed by atoms with Crippen molar-refractivity contribution < 1.29 is 14.6 Å². The quantitative estimate of drug-likeness (QED) is 0.764. The van der Waals surface area contributed by atoms with Crippen LogP contribution < -0.4 is 4.74 Å². The Morgan fingerprint density at radius 3 is 2.41 bits per heavy atom. The van der Waals surface area contributed by atoms with Gasteiger partial charge in [0, 0.05) is 38.3 Å². The summed E-state index contributed by atoms with van der Waals surface area (Å²) in [6.07, 6.45) is 3.34. The topological polar surface area (TPSA) is 53.0 Å². The summed E-state index contributed by atoms with van der Waals surface area (Å²) in [5.74, 6) is 1.61. The van der Waals surface area contributed by atoms with Crippen LogP contribution in [-0.4, -0.2) is 59.1 Å². The molecule has 2 aliphatic rings. The summed E-state index contributed by atoms with van der Waals surface area (Å²) in [6.45, 7) is 12.6. The Morgan fingerprint density at radius 1 is 1.03 bits per heavy atom. The van der Waals surface area contributed by atoms with E-state index < -0.39 is 0 Å². The highest BCUT2D eigenvalue weighted by atomic mass is 16.5. The van der Waals surface area contributed by atoms with E-state index in [1.807, 2.05) is 56.0 Å². The standard InChI is InChI=1S/C27H36N2O3/c1-19-20(2)26-23(21(3)25(19)31)10-11-27(4,32-26)12-13-28-14-16-29(17-15-28)24(30)18-22-8-6-5-7-9-22/h5-9,31H,10-18H2,1-4H3. The highest BCUT2D eigenvalue weighted by Crippen LogP contribution is 2.44. The molecule has 0 aromatic heterocycles. The van der Waals surface area contributed by atoms with E-state index in [-0.39, 0.29) is 11.5 Å². The van der Waals surface area contributed by atoms with E-state index in [2.05, 4.69) is 11.8 Å². The molecule has 5 heteroatoms. The highest BCUT2D eigenvalue weighted by Gasteiger charge is 2.35. The van der Waals surface area contributed by atoms with E-state index in [0.717, 1.165) is 85.6 Å². The minimum absolute atomic E-state index is 0.201. The molecule has 0 aliphatic carbocycles. The number of rotatable bonds is 5. The van der Waals surface area contributed by atoms with Gasteiger partial charge >= 0.3 is 0 Å². The van der Waals surface area contributed by atoms with Crippen molar-refractivity contribution >= 4 is 5.91 Å². The maximum absolute atomic E-state index is 12.6. The van der Waals surface area contributed by atoms with E-state index in [1.165, 1.54) is 0 Å². The molecule has 0 radical (unpaired) electrons. The molecule has 2 aromatic rings. The zero-order valence-corrected chi connectivity index (χ0v) is 19.9. The van der Waals surface area contributed by atoms with Gasteiger partial charge in [0.1, 0.15) is 17.1 Å². The van der Waals surface area contributed by atoms with Gasteiger partial charge in [0.15, 0.2) is 0 Å². The Morgan fingerprint density at radius 2 is 1.72 bits per heavy atom. The first-order chi connectivity index (χ1) is 15.3. The summed E-state index contributed by atoms with van der Waals surface area (Å²) in [4.78, 5) is 17.1. The molecule has 0 bridgehead atoms.